The Kier molecular flexibility index (Phi) is 5.84. The van der Waals surface area contributed by atoms with Crippen LogP contribution in [-0.2, 0) is 22.5 Å². The zero-order chi connectivity index (χ0) is 16.1. The van der Waals surface area contributed by atoms with Gasteiger partial charge in [-0.3, -0.25) is 4.79 Å². The number of esters is 1. The second-order valence-corrected chi connectivity index (χ2v) is 6.29. The Labute approximate surface area is 141 Å². The molecule has 0 bridgehead atoms. The molecule has 6 nitrogen and oxygen atoms in total. The summed E-state index contributed by atoms with van der Waals surface area (Å²) in [5.74, 6) is 0.938. The van der Waals surface area contributed by atoms with E-state index in [1.165, 1.54) is 4.88 Å². The molecule has 0 spiro atoms. The summed E-state index contributed by atoms with van der Waals surface area (Å²) in [4.78, 5) is 20.7. The minimum absolute atomic E-state index is 0.225. The predicted octanol–water partition coefficient (Wildman–Crippen LogP) is 1.55. The van der Waals surface area contributed by atoms with Gasteiger partial charge in [0, 0.05) is 19.5 Å². The molecule has 2 rings (SSSR count). The van der Waals surface area contributed by atoms with Crippen molar-refractivity contribution in [3.05, 3.63) is 33.7 Å². The highest BCUT2D eigenvalue weighted by atomic mass is 79.9. The third-order valence-electron chi connectivity index (χ3n) is 3.22. The van der Waals surface area contributed by atoms with Crippen molar-refractivity contribution in [3.8, 4) is 0 Å². The molecule has 2 heterocycles. The van der Waals surface area contributed by atoms with E-state index in [0.29, 0.717) is 31.2 Å². The summed E-state index contributed by atoms with van der Waals surface area (Å²) < 4.78 is 7.19. The molecule has 0 saturated carbocycles. The molecule has 0 aromatic carbocycles. The van der Waals surface area contributed by atoms with Gasteiger partial charge in [0.15, 0.2) is 12.2 Å². The fourth-order valence-corrected chi connectivity index (χ4v) is 3.10. The van der Waals surface area contributed by atoms with E-state index in [9.17, 15) is 4.79 Å². The fraction of sp³-hybridized carbons (Fsp3) is 0.429. The van der Waals surface area contributed by atoms with Gasteiger partial charge in [-0.1, -0.05) is 27.3 Å². The lowest BCUT2D eigenvalue weighted by molar-refractivity contribution is -0.689. The van der Waals surface area contributed by atoms with Crippen molar-refractivity contribution in [2.24, 2.45) is 0 Å². The van der Waals surface area contributed by atoms with Gasteiger partial charge >= 0.3 is 5.97 Å². The van der Waals surface area contributed by atoms with Crippen molar-refractivity contribution in [1.29, 1.82) is 0 Å². The number of thiazole rings is 1. The monoisotopic (exact) mass is 385 g/mol. The van der Waals surface area contributed by atoms with Gasteiger partial charge in [0.25, 0.3) is 0 Å². The summed E-state index contributed by atoms with van der Waals surface area (Å²) in [5.41, 5.74) is 10.0. The van der Waals surface area contributed by atoms with Crippen LogP contribution in [0.25, 0.3) is 0 Å². The van der Waals surface area contributed by atoms with Gasteiger partial charge in [-0.05, 0) is 6.92 Å². The lowest BCUT2D eigenvalue weighted by Gasteiger charge is -2.02. The molecule has 22 heavy (non-hydrogen) atoms. The minimum atomic E-state index is -0.244. The van der Waals surface area contributed by atoms with Crippen LogP contribution in [0.2, 0.25) is 0 Å². The highest BCUT2D eigenvalue weighted by Gasteiger charge is 2.17. The van der Waals surface area contributed by atoms with E-state index in [-0.39, 0.29) is 11.3 Å². The van der Waals surface area contributed by atoms with Crippen LogP contribution in [-0.4, -0.2) is 27.9 Å². The number of nitrogens with zero attached hydrogens (tertiary/aromatic N) is 3. The largest absolute Gasteiger partial charge is 0.465 e. The fourth-order valence-electron chi connectivity index (χ4n) is 1.96. The first-order valence-corrected chi connectivity index (χ1v) is 8.77. The minimum Gasteiger partial charge on any atom is -0.465 e. The third-order valence-corrected chi connectivity index (χ3v) is 4.82. The Morgan fingerprint density at radius 3 is 2.95 bits per heavy atom. The lowest BCUT2D eigenvalue weighted by Crippen LogP contribution is -2.35. The van der Waals surface area contributed by atoms with E-state index in [1.807, 2.05) is 19.4 Å². The average Bonchev–Trinajstić information content (AvgIpc) is 2.83. The van der Waals surface area contributed by atoms with E-state index >= 15 is 0 Å². The van der Waals surface area contributed by atoms with E-state index < -0.39 is 0 Å². The molecule has 0 atom stereocenters. The number of rotatable bonds is 6. The van der Waals surface area contributed by atoms with Gasteiger partial charge in [0.1, 0.15) is 17.0 Å². The number of alkyl halides is 1. The summed E-state index contributed by atoms with van der Waals surface area (Å²) in [6.07, 6.45) is 2.47. The molecule has 0 unspecified atom stereocenters. The van der Waals surface area contributed by atoms with Crippen LogP contribution in [0.15, 0.2) is 11.7 Å². The molecule has 2 aromatic heterocycles. The zero-order valence-corrected chi connectivity index (χ0v) is 14.9. The normalized spacial score (nSPS) is 10.7. The molecule has 2 aromatic rings. The summed E-state index contributed by atoms with van der Waals surface area (Å²) >= 11 is 4.71. The maximum atomic E-state index is 11.1. The number of halogens is 1. The van der Waals surface area contributed by atoms with Crippen molar-refractivity contribution >= 4 is 39.1 Å². The van der Waals surface area contributed by atoms with Gasteiger partial charge in [-0.15, -0.1) is 0 Å². The van der Waals surface area contributed by atoms with Gasteiger partial charge in [0.2, 0.25) is 5.51 Å². The molecule has 0 radical (unpaired) electrons. The average molecular weight is 386 g/mol. The van der Waals surface area contributed by atoms with Crippen LogP contribution in [0, 0.1) is 13.8 Å². The lowest BCUT2D eigenvalue weighted by atomic mass is 10.2. The number of aryl methyl sites for hydroxylation is 1. The number of aromatic nitrogens is 3. The molecule has 2 N–H and O–H groups in total. The van der Waals surface area contributed by atoms with Gasteiger partial charge in [-0.25, -0.2) is 9.97 Å². The number of carbonyl (C=O) groups is 1. The second-order valence-electron chi connectivity index (χ2n) is 4.79. The van der Waals surface area contributed by atoms with Gasteiger partial charge in [-0.2, -0.15) is 4.57 Å². The molecule has 0 fully saturated rings. The number of ether oxygens (including phenoxy) is 1. The molecular formula is C14H18BrN4O2S+. The standard InChI is InChI=1S/C14H18BrN4O2S/c1-9-12(3-4-21-13(20)5-15)22-8-19(9)7-11-6-17-10(2)18-14(11)16/h6,8H,3-5,7H2,1-2H3,(H2,16,17,18)/q+1. The number of hydrogen-bond donors (Lipinski definition) is 1. The second kappa shape index (κ2) is 7.64. The Hall–Kier alpha value is -1.54. The predicted molar refractivity (Wildman–Crippen MR) is 88.0 cm³/mol. The smallest absolute Gasteiger partial charge is 0.316 e. The van der Waals surface area contributed by atoms with Crippen molar-refractivity contribution < 1.29 is 14.1 Å². The number of carbonyl (C=O) groups excluding carboxylic acids is 1. The Balaban J connectivity index is 2.02. The molecule has 0 aliphatic rings. The van der Waals surface area contributed by atoms with Crippen LogP contribution in [0.1, 0.15) is 22.0 Å². The van der Waals surface area contributed by atoms with Crippen molar-refractivity contribution in [3.63, 3.8) is 0 Å². The van der Waals surface area contributed by atoms with E-state index in [2.05, 4.69) is 30.5 Å². The number of nitrogen functional groups attached to an aromatic ring is 1. The number of anilines is 1. The first kappa shape index (κ1) is 16.8. The molecule has 118 valence electrons. The number of nitrogens with two attached hydrogens (primary N) is 1. The van der Waals surface area contributed by atoms with Gasteiger partial charge < -0.3 is 10.5 Å². The highest BCUT2D eigenvalue weighted by molar-refractivity contribution is 9.09. The van der Waals surface area contributed by atoms with E-state index in [4.69, 9.17) is 10.5 Å². The number of hydrogen-bond acceptors (Lipinski definition) is 6. The Morgan fingerprint density at radius 1 is 1.50 bits per heavy atom. The summed E-state index contributed by atoms with van der Waals surface area (Å²) in [5, 5.41) is 0.225. The molecule has 8 heteroatoms. The zero-order valence-electron chi connectivity index (χ0n) is 12.5. The Morgan fingerprint density at radius 2 is 2.27 bits per heavy atom. The van der Waals surface area contributed by atoms with Crippen LogP contribution < -0.4 is 10.3 Å². The molecular weight excluding hydrogens is 368 g/mol. The van der Waals surface area contributed by atoms with E-state index in [0.717, 1.165) is 11.3 Å². The molecule has 0 aliphatic heterocycles. The first-order chi connectivity index (χ1) is 10.5. The van der Waals surface area contributed by atoms with Gasteiger partial charge in [0.05, 0.1) is 17.0 Å². The highest BCUT2D eigenvalue weighted by Crippen LogP contribution is 2.14. The maximum absolute atomic E-state index is 11.1. The van der Waals surface area contributed by atoms with E-state index in [1.54, 1.807) is 17.5 Å². The van der Waals surface area contributed by atoms with Crippen LogP contribution in [0.5, 0.6) is 0 Å². The maximum Gasteiger partial charge on any atom is 0.316 e. The van der Waals surface area contributed by atoms with Crippen LogP contribution in [0.3, 0.4) is 0 Å². The molecule has 0 saturated heterocycles. The quantitative estimate of drug-likeness (QED) is 0.463. The van der Waals surface area contributed by atoms with Crippen LogP contribution >= 0.6 is 27.3 Å². The Bertz CT molecular complexity index is 675. The molecule has 0 aliphatic carbocycles. The van der Waals surface area contributed by atoms with Crippen molar-refractivity contribution in [2.75, 3.05) is 17.7 Å². The summed E-state index contributed by atoms with van der Waals surface area (Å²) in [6.45, 7) is 4.88. The first-order valence-electron chi connectivity index (χ1n) is 6.77. The van der Waals surface area contributed by atoms with Crippen molar-refractivity contribution in [1.82, 2.24) is 9.97 Å². The van der Waals surface area contributed by atoms with Crippen LogP contribution in [0.4, 0.5) is 5.82 Å². The third kappa shape index (κ3) is 4.23. The summed E-state index contributed by atoms with van der Waals surface area (Å²) in [6, 6.07) is 0. The van der Waals surface area contributed by atoms with Crippen molar-refractivity contribution in [2.45, 2.75) is 26.8 Å². The summed E-state index contributed by atoms with van der Waals surface area (Å²) in [7, 11) is 0. The topological polar surface area (TPSA) is 82.0 Å². The molecule has 0 amide bonds. The SMILES string of the molecule is Cc1ncc(C[n+]2csc(CCOC(=O)CBr)c2C)c(N)n1.